The third kappa shape index (κ3) is 8.83. The van der Waals surface area contributed by atoms with E-state index in [4.69, 9.17) is 16.3 Å². The molecule has 1 amide bonds. The van der Waals surface area contributed by atoms with Crippen molar-refractivity contribution in [2.45, 2.75) is 6.42 Å². The molecule has 3 N–H and O–H groups in total. The van der Waals surface area contributed by atoms with Crippen LogP contribution in [0.15, 0.2) is 18.2 Å². The molecule has 0 spiro atoms. The zero-order valence-corrected chi connectivity index (χ0v) is 16.7. The molecule has 0 saturated carbocycles. The second-order valence-corrected chi connectivity index (χ2v) is 5.90. The monoisotopic (exact) mass is 412 g/mol. The second-order valence-electron chi connectivity index (χ2n) is 5.46. The quantitative estimate of drug-likeness (QED) is 0.608. The summed E-state index contributed by atoms with van der Waals surface area (Å²) in [6.07, 6.45) is 0.414. The molecule has 2 rings (SSSR count). The summed E-state index contributed by atoms with van der Waals surface area (Å²) in [6.45, 7) is 6.29. The molecule has 1 aliphatic rings. The average molecular weight is 414 g/mol. The van der Waals surface area contributed by atoms with Crippen LogP contribution >= 0.6 is 36.4 Å². The van der Waals surface area contributed by atoms with E-state index >= 15 is 0 Å². The normalized spacial score (nSPS) is 14.0. The summed E-state index contributed by atoms with van der Waals surface area (Å²) in [5, 5.41) is 10.1. The number of hydrogen-bond donors (Lipinski definition) is 3. The Morgan fingerprint density at radius 1 is 1.28 bits per heavy atom. The number of nitrogens with zero attached hydrogens (tertiary/aromatic N) is 1. The molecular weight excluding hydrogens is 387 g/mol. The molecule has 1 aromatic rings. The number of halogens is 3. The van der Waals surface area contributed by atoms with E-state index in [2.05, 4.69) is 20.9 Å². The summed E-state index contributed by atoms with van der Waals surface area (Å²) < 4.78 is 5.26. The molecule has 0 aromatic heterocycles. The van der Waals surface area contributed by atoms with Crippen molar-refractivity contribution >= 4 is 48.0 Å². The molecule has 0 aliphatic carbocycles. The van der Waals surface area contributed by atoms with Crippen molar-refractivity contribution in [3.05, 3.63) is 23.2 Å². The van der Waals surface area contributed by atoms with Gasteiger partial charge in [-0.15, -0.1) is 24.8 Å². The molecular formula is C16H27Cl3N4O2. The number of benzene rings is 1. The van der Waals surface area contributed by atoms with E-state index in [0.29, 0.717) is 30.3 Å². The maximum absolute atomic E-state index is 11.9. The number of carbonyl (C=O) groups excluding carboxylic acids is 1. The zero-order valence-electron chi connectivity index (χ0n) is 14.3. The summed E-state index contributed by atoms with van der Waals surface area (Å²) in [6, 6.07) is 5.37. The highest BCUT2D eigenvalue weighted by Crippen LogP contribution is 2.27. The predicted octanol–water partition coefficient (Wildman–Crippen LogP) is 2.02. The van der Waals surface area contributed by atoms with Crippen LogP contribution in [-0.4, -0.2) is 63.7 Å². The lowest BCUT2D eigenvalue weighted by atomic mass is 10.2. The van der Waals surface area contributed by atoms with Gasteiger partial charge in [0.15, 0.2) is 0 Å². The highest BCUT2D eigenvalue weighted by Gasteiger charge is 2.09. The molecule has 6 nitrogen and oxygen atoms in total. The number of rotatable bonds is 8. The molecule has 0 bridgehead atoms. The Morgan fingerprint density at radius 2 is 2.00 bits per heavy atom. The van der Waals surface area contributed by atoms with Gasteiger partial charge in [-0.2, -0.15) is 0 Å². The second kappa shape index (κ2) is 13.3. The van der Waals surface area contributed by atoms with Crippen molar-refractivity contribution in [1.29, 1.82) is 0 Å². The van der Waals surface area contributed by atoms with Crippen molar-refractivity contribution in [2.24, 2.45) is 0 Å². The molecule has 25 heavy (non-hydrogen) atoms. The zero-order chi connectivity index (χ0) is 16.5. The van der Waals surface area contributed by atoms with Gasteiger partial charge in [0.25, 0.3) is 0 Å². The third-order valence-corrected chi connectivity index (χ3v) is 4.02. The van der Waals surface area contributed by atoms with Gasteiger partial charge in [-0.3, -0.25) is 9.69 Å². The fourth-order valence-corrected chi connectivity index (χ4v) is 2.68. The molecule has 1 saturated heterocycles. The lowest BCUT2D eigenvalue weighted by Crippen LogP contribution is -2.46. The first-order chi connectivity index (χ1) is 11.2. The van der Waals surface area contributed by atoms with Gasteiger partial charge in [0.2, 0.25) is 5.91 Å². The van der Waals surface area contributed by atoms with Gasteiger partial charge < -0.3 is 20.7 Å². The van der Waals surface area contributed by atoms with Crippen LogP contribution in [-0.2, 0) is 4.79 Å². The Kier molecular flexibility index (Phi) is 12.8. The van der Waals surface area contributed by atoms with Gasteiger partial charge in [0.05, 0.1) is 12.8 Å². The Hall–Kier alpha value is -0.920. The van der Waals surface area contributed by atoms with Gasteiger partial charge in [-0.05, 0) is 18.2 Å². The first-order valence-electron chi connectivity index (χ1n) is 7.96. The van der Waals surface area contributed by atoms with Gasteiger partial charge in [-0.25, -0.2) is 0 Å². The third-order valence-electron chi connectivity index (χ3n) is 3.79. The number of amides is 1. The van der Waals surface area contributed by atoms with Gasteiger partial charge >= 0.3 is 0 Å². The number of piperazine rings is 1. The van der Waals surface area contributed by atoms with Gasteiger partial charge in [0, 0.05) is 57.3 Å². The largest absolute Gasteiger partial charge is 0.495 e. The lowest BCUT2D eigenvalue weighted by Gasteiger charge is -2.27. The summed E-state index contributed by atoms with van der Waals surface area (Å²) >= 11 is 5.97. The van der Waals surface area contributed by atoms with Crippen molar-refractivity contribution in [2.75, 3.05) is 58.2 Å². The maximum atomic E-state index is 11.9. The van der Waals surface area contributed by atoms with E-state index in [0.717, 1.165) is 38.4 Å². The van der Waals surface area contributed by atoms with E-state index in [-0.39, 0.29) is 30.7 Å². The standard InChI is InChI=1S/C16H25ClN4O2.2ClH/c1-23-15-3-2-13(17)12-14(15)19-5-4-16(22)20-8-11-21-9-6-18-7-10-21;;/h2-3,12,18-19H,4-11H2,1H3,(H,20,22);2*1H. The molecule has 0 unspecified atom stereocenters. The summed E-state index contributed by atoms with van der Waals surface area (Å²) in [7, 11) is 1.61. The number of ether oxygens (including phenoxy) is 1. The first-order valence-corrected chi connectivity index (χ1v) is 8.34. The molecule has 0 radical (unpaired) electrons. The van der Waals surface area contributed by atoms with Gasteiger partial charge in [0.1, 0.15) is 5.75 Å². The smallest absolute Gasteiger partial charge is 0.221 e. The van der Waals surface area contributed by atoms with E-state index in [1.807, 2.05) is 0 Å². The molecule has 1 heterocycles. The summed E-state index contributed by atoms with van der Waals surface area (Å²) in [5.41, 5.74) is 0.800. The van der Waals surface area contributed by atoms with Crippen molar-refractivity contribution in [1.82, 2.24) is 15.5 Å². The number of hydrogen-bond acceptors (Lipinski definition) is 5. The number of anilines is 1. The van der Waals surface area contributed by atoms with E-state index in [1.165, 1.54) is 0 Å². The topological polar surface area (TPSA) is 65.6 Å². The molecule has 1 aromatic carbocycles. The minimum Gasteiger partial charge on any atom is -0.495 e. The molecule has 1 aliphatic heterocycles. The molecule has 1 fully saturated rings. The maximum Gasteiger partial charge on any atom is 0.221 e. The van der Waals surface area contributed by atoms with Gasteiger partial charge in [-0.1, -0.05) is 11.6 Å². The Labute approximate surface area is 166 Å². The van der Waals surface area contributed by atoms with Crippen LogP contribution in [0.5, 0.6) is 5.75 Å². The molecule has 0 atom stereocenters. The Morgan fingerprint density at radius 3 is 2.68 bits per heavy atom. The van der Waals surface area contributed by atoms with E-state index < -0.39 is 0 Å². The summed E-state index contributed by atoms with van der Waals surface area (Å²) in [5.74, 6) is 0.766. The van der Waals surface area contributed by atoms with E-state index in [1.54, 1.807) is 25.3 Å². The fourth-order valence-electron chi connectivity index (χ4n) is 2.51. The van der Waals surface area contributed by atoms with Crippen LogP contribution in [0.25, 0.3) is 0 Å². The SMILES string of the molecule is COc1ccc(Cl)cc1NCCC(=O)NCCN1CCNCC1.Cl.Cl. The number of methoxy groups -OCH3 is 1. The first kappa shape index (κ1) is 24.1. The van der Waals surface area contributed by atoms with Crippen LogP contribution in [0, 0.1) is 0 Å². The van der Waals surface area contributed by atoms with E-state index in [9.17, 15) is 4.79 Å². The van der Waals surface area contributed by atoms with Crippen LogP contribution in [0.2, 0.25) is 5.02 Å². The van der Waals surface area contributed by atoms with Crippen LogP contribution < -0.4 is 20.7 Å². The summed E-state index contributed by atoms with van der Waals surface area (Å²) in [4.78, 5) is 14.2. The Bertz CT molecular complexity index is 514. The highest BCUT2D eigenvalue weighted by atomic mass is 35.5. The minimum absolute atomic E-state index is 0. The fraction of sp³-hybridized carbons (Fsp3) is 0.562. The van der Waals surface area contributed by atoms with Crippen molar-refractivity contribution in [3.8, 4) is 5.75 Å². The van der Waals surface area contributed by atoms with Crippen LogP contribution in [0.3, 0.4) is 0 Å². The Balaban J connectivity index is 0.00000288. The number of carbonyl (C=O) groups is 1. The predicted molar refractivity (Wildman–Crippen MR) is 108 cm³/mol. The van der Waals surface area contributed by atoms with Crippen LogP contribution in [0.4, 0.5) is 5.69 Å². The van der Waals surface area contributed by atoms with Crippen LogP contribution in [0.1, 0.15) is 6.42 Å². The van der Waals surface area contributed by atoms with Crippen molar-refractivity contribution < 1.29 is 9.53 Å². The minimum atomic E-state index is 0. The average Bonchev–Trinajstić information content (AvgIpc) is 2.56. The molecule has 144 valence electrons. The van der Waals surface area contributed by atoms with Crippen molar-refractivity contribution in [3.63, 3.8) is 0 Å². The molecule has 9 heteroatoms. The number of nitrogens with one attached hydrogen (secondary N) is 3. The highest BCUT2D eigenvalue weighted by molar-refractivity contribution is 6.30. The lowest BCUT2D eigenvalue weighted by molar-refractivity contribution is -0.120.